The molecule has 0 atom stereocenters. The lowest BCUT2D eigenvalue weighted by Crippen LogP contribution is -2.50. The van der Waals surface area contributed by atoms with E-state index in [0.717, 1.165) is 13.4 Å². The highest BCUT2D eigenvalue weighted by Gasteiger charge is 2.52. The molecule has 0 aromatic heterocycles. The summed E-state index contributed by atoms with van der Waals surface area (Å²) in [7, 11) is -4.23. The van der Waals surface area contributed by atoms with Gasteiger partial charge in [-0.15, -0.1) is 0 Å². The van der Waals surface area contributed by atoms with Crippen LogP contribution in [0.4, 0.5) is 0 Å². The van der Waals surface area contributed by atoms with Gasteiger partial charge in [0.25, 0.3) is 0 Å². The summed E-state index contributed by atoms with van der Waals surface area (Å²) in [4.78, 5) is 0. The van der Waals surface area contributed by atoms with Gasteiger partial charge >= 0.3 is 8.11 Å². The second kappa shape index (κ2) is 15.1. The second-order valence-electron chi connectivity index (χ2n) is 6.48. The Morgan fingerprint density at radius 2 is 0.421 bits per heavy atom. The van der Waals surface area contributed by atoms with E-state index in [1.165, 1.54) is 0 Å². The average molecular weight is 1530 g/mol. The Hall–Kier alpha value is 4.77. The van der Waals surface area contributed by atoms with Crippen molar-refractivity contribution in [2.45, 2.75) is 0 Å². The van der Waals surface area contributed by atoms with Crippen LogP contribution in [0.1, 0.15) is 0 Å². The minimum absolute atomic E-state index is 0.332. The van der Waals surface area contributed by atoms with E-state index in [4.69, 9.17) is 24.4 Å². The molecule has 0 radical (unpaired) electrons. The molecule has 0 aliphatic heterocycles. The van der Waals surface area contributed by atoms with Crippen molar-refractivity contribution in [3.8, 4) is 17.2 Å². The lowest BCUT2D eigenvalue weighted by atomic mass is 10.3. The van der Waals surface area contributed by atoms with Crippen LogP contribution in [0.15, 0.2) is 67.1 Å². The molecule has 0 saturated carbocycles. The molecule has 206 valence electrons. The highest BCUT2D eigenvalue weighted by Crippen LogP contribution is 2.54. The number of rotatable bonds is 6. The van der Waals surface area contributed by atoms with E-state index in [0.29, 0.717) is 70.9 Å². The molecule has 3 aromatic carbocycles. The first-order chi connectivity index (χ1) is 17.4. The summed E-state index contributed by atoms with van der Waals surface area (Å²) in [6.07, 6.45) is 0. The molecule has 3 rings (SSSR count). The lowest BCUT2D eigenvalue weighted by Gasteiger charge is -2.29. The molecule has 0 amide bonds. The molecule has 0 aliphatic rings. The SMILES string of the molecule is Cl[Si](Oc1c(Br)c(Br)c(Br)c(Br)c1Br)(Oc1c(Br)c(Br)c(Br)c(Br)c1Br)Oc1c(Br)c(Br)c(Br)c(Br)c1Br. The zero-order chi connectivity index (χ0) is 29.0. The van der Waals surface area contributed by atoms with Crippen molar-refractivity contribution in [3.05, 3.63) is 67.1 Å². The van der Waals surface area contributed by atoms with Gasteiger partial charge in [-0.1, -0.05) is 0 Å². The van der Waals surface area contributed by atoms with Crippen molar-refractivity contribution in [2.75, 3.05) is 0 Å². The summed E-state index contributed by atoms with van der Waals surface area (Å²) >= 11 is 60.7. The molecule has 0 fully saturated rings. The second-order valence-corrected chi connectivity index (χ2v) is 21.3. The van der Waals surface area contributed by atoms with Gasteiger partial charge in [0.2, 0.25) is 0 Å². The molecule has 0 aliphatic carbocycles. The zero-order valence-corrected chi connectivity index (χ0v) is 42.3. The van der Waals surface area contributed by atoms with Gasteiger partial charge < -0.3 is 13.3 Å². The predicted octanol–water partition coefficient (Wildman–Crippen LogP) is 16.3. The van der Waals surface area contributed by atoms with E-state index >= 15 is 0 Å². The Balaban J connectivity index is 2.30. The summed E-state index contributed by atoms with van der Waals surface area (Å²) < 4.78 is 29.1. The predicted molar refractivity (Wildman–Crippen MR) is 208 cm³/mol. The van der Waals surface area contributed by atoms with Crippen molar-refractivity contribution in [1.82, 2.24) is 0 Å². The fourth-order valence-electron chi connectivity index (χ4n) is 2.45. The maximum atomic E-state index is 7.23. The van der Waals surface area contributed by atoms with E-state index in [-0.39, 0.29) is 0 Å². The largest absolute Gasteiger partial charge is 0.818 e. The van der Waals surface area contributed by atoms with E-state index in [1.54, 1.807) is 0 Å². The van der Waals surface area contributed by atoms with Gasteiger partial charge in [-0.25, -0.2) is 0 Å². The standard InChI is InChI=1S/C18Br15ClO3Si/c19-1-4(22)10(28)16(11(29)5(1)23)35-38(34,36-17-12(30)6(24)2(20)7(25)13(17)31)37-18-14(32)8(26)3(21)9(27)15(18)33. The van der Waals surface area contributed by atoms with Crippen LogP contribution in [0.5, 0.6) is 17.2 Å². The molecule has 0 heterocycles. The quantitative estimate of drug-likeness (QED) is 0.107. The van der Waals surface area contributed by atoms with E-state index in [2.05, 4.69) is 239 Å². The van der Waals surface area contributed by atoms with E-state index in [1.807, 2.05) is 0 Å². The Bertz CT molecular complexity index is 1230. The van der Waals surface area contributed by atoms with Gasteiger partial charge in [-0.2, -0.15) is 0 Å². The zero-order valence-electron chi connectivity index (χ0n) is 16.8. The smallest absolute Gasteiger partial charge is 0.469 e. The molecule has 0 bridgehead atoms. The fraction of sp³-hybridized carbons (Fsp3) is 0. The third kappa shape index (κ3) is 7.66. The first-order valence-electron chi connectivity index (χ1n) is 8.75. The molecular weight excluding hydrogens is 1530 g/mol. The van der Waals surface area contributed by atoms with Crippen molar-refractivity contribution in [1.29, 1.82) is 0 Å². The van der Waals surface area contributed by atoms with Crippen LogP contribution in [-0.4, -0.2) is 8.11 Å². The Kier molecular flexibility index (Phi) is 14.8. The van der Waals surface area contributed by atoms with Crippen LogP contribution in [0.25, 0.3) is 0 Å². The number of hydrogen-bond donors (Lipinski definition) is 0. The highest BCUT2D eigenvalue weighted by molar-refractivity contribution is 9.17. The van der Waals surface area contributed by atoms with Gasteiger partial charge in [0.1, 0.15) is 17.2 Å². The minimum atomic E-state index is -4.23. The van der Waals surface area contributed by atoms with Gasteiger partial charge in [0.05, 0.1) is 53.7 Å². The maximum Gasteiger partial charge on any atom is 0.818 e. The summed E-state index contributed by atoms with van der Waals surface area (Å²) in [5.74, 6) is 0.996. The topological polar surface area (TPSA) is 27.7 Å². The maximum absolute atomic E-state index is 7.23. The number of benzene rings is 3. The van der Waals surface area contributed by atoms with Crippen molar-refractivity contribution < 1.29 is 13.3 Å². The normalized spacial score (nSPS) is 11.7. The van der Waals surface area contributed by atoms with Gasteiger partial charge in [0.15, 0.2) is 0 Å². The summed E-state index contributed by atoms with van der Waals surface area (Å²) in [5.41, 5.74) is 0. The molecular formula is C18Br15ClO3Si. The fourth-order valence-corrected chi connectivity index (χ4v) is 15.0. The van der Waals surface area contributed by atoms with Crippen LogP contribution in [0.3, 0.4) is 0 Å². The van der Waals surface area contributed by atoms with E-state index in [9.17, 15) is 0 Å². The molecule has 0 spiro atoms. The van der Waals surface area contributed by atoms with Gasteiger partial charge in [-0.05, 0) is 250 Å². The molecule has 20 heteroatoms. The monoisotopic (exact) mass is 1510 g/mol. The third-order valence-electron chi connectivity index (χ3n) is 4.18. The molecule has 3 aromatic rings. The molecule has 38 heavy (non-hydrogen) atoms. The minimum Gasteiger partial charge on any atom is -0.469 e. The lowest BCUT2D eigenvalue weighted by molar-refractivity contribution is 0.287. The van der Waals surface area contributed by atoms with E-state index < -0.39 is 8.11 Å². The summed E-state index contributed by atoms with van der Waals surface area (Å²) in [5, 5.41) is 0. The molecule has 0 unspecified atom stereocenters. The van der Waals surface area contributed by atoms with Crippen LogP contribution < -0.4 is 13.3 Å². The third-order valence-corrected chi connectivity index (χ3v) is 24.3. The molecule has 0 N–H and O–H groups in total. The van der Waals surface area contributed by atoms with Crippen molar-refractivity contribution in [3.63, 3.8) is 0 Å². The van der Waals surface area contributed by atoms with Crippen LogP contribution in [-0.2, 0) is 0 Å². The number of hydrogen-bond acceptors (Lipinski definition) is 3. The van der Waals surface area contributed by atoms with Crippen LogP contribution >= 0.6 is 250 Å². The summed E-state index contributed by atoms with van der Waals surface area (Å²) in [6, 6.07) is 0. The Labute approximate surface area is 349 Å². The van der Waals surface area contributed by atoms with Crippen molar-refractivity contribution in [2.24, 2.45) is 0 Å². The van der Waals surface area contributed by atoms with Crippen LogP contribution in [0, 0.1) is 0 Å². The Morgan fingerprint density at radius 1 is 0.289 bits per heavy atom. The highest BCUT2D eigenvalue weighted by atomic mass is 79.9. The first kappa shape index (κ1) is 37.2. The van der Waals surface area contributed by atoms with Gasteiger partial charge in [0, 0.05) is 13.4 Å². The van der Waals surface area contributed by atoms with Crippen LogP contribution in [0.2, 0.25) is 0 Å². The average Bonchev–Trinajstić information content (AvgIpc) is 2.89. The summed E-state index contributed by atoms with van der Waals surface area (Å²) in [6.45, 7) is 0. The van der Waals surface area contributed by atoms with Crippen molar-refractivity contribution >= 4 is 258 Å². The molecule has 0 saturated heterocycles. The van der Waals surface area contributed by atoms with Gasteiger partial charge in [-0.3, -0.25) is 0 Å². The number of halogens is 16. The first-order valence-corrected chi connectivity index (χ1v) is 23.4. The molecule has 3 nitrogen and oxygen atoms in total. The Morgan fingerprint density at radius 3 is 0.579 bits per heavy atom.